The average Bonchev–Trinajstić information content (AvgIpc) is 2.78. The van der Waals surface area contributed by atoms with E-state index in [1.165, 1.54) is 18.7 Å². The molecule has 17 heavy (non-hydrogen) atoms. The van der Waals surface area contributed by atoms with E-state index in [0.717, 1.165) is 6.20 Å². The Morgan fingerprint density at radius 2 is 1.82 bits per heavy atom. The summed E-state index contributed by atoms with van der Waals surface area (Å²) in [4.78, 5) is 22.0. The molecule has 0 aliphatic heterocycles. The maximum Gasteiger partial charge on any atom is 0.443 e. The highest BCUT2D eigenvalue weighted by atomic mass is 32.1. The molecule has 2 aromatic heterocycles. The highest BCUT2D eigenvalue weighted by Gasteiger charge is 2.35. The number of nitrogens with zero attached hydrogens (tertiary/aromatic N) is 3. The van der Waals surface area contributed by atoms with Crippen LogP contribution >= 0.6 is 11.3 Å². The fourth-order valence-electron chi connectivity index (χ4n) is 1.07. The van der Waals surface area contributed by atoms with E-state index in [0.29, 0.717) is 11.3 Å². The Morgan fingerprint density at radius 3 is 2.35 bits per heavy atom. The number of ketones is 1. The van der Waals surface area contributed by atoms with Gasteiger partial charge in [-0.15, -0.1) is 11.3 Å². The maximum absolute atomic E-state index is 12.3. The minimum Gasteiger partial charge on any atom is -0.288 e. The smallest absolute Gasteiger partial charge is 0.288 e. The second kappa shape index (κ2) is 4.21. The molecule has 8 heteroatoms. The summed E-state index contributed by atoms with van der Waals surface area (Å²) in [6.45, 7) is 0. The molecule has 0 spiro atoms. The molecule has 0 N–H and O–H groups in total. The van der Waals surface area contributed by atoms with Gasteiger partial charge in [-0.1, -0.05) is 0 Å². The van der Waals surface area contributed by atoms with Crippen LogP contribution in [0.25, 0.3) is 0 Å². The van der Waals surface area contributed by atoms with E-state index in [2.05, 4.69) is 15.0 Å². The van der Waals surface area contributed by atoms with Crippen molar-refractivity contribution in [3.63, 3.8) is 0 Å². The lowest BCUT2D eigenvalue weighted by atomic mass is 10.2. The van der Waals surface area contributed by atoms with E-state index in [4.69, 9.17) is 0 Å². The van der Waals surface area contributed by atoms with E-state index < -0.39 is 17.0 Å². The van der Waals surface area contributed by atoms with Crippen LogP contribution in [-0.2, 0) is 6.18 Å². The summed E-state index contributed by atoms with van der Waals surface area (Å²) in [5.41, 5.74) is 0.130. The van der Waals surface area contributed by atoms with Crippen LogP contribution in [-0.4, -0.2) is 20.7 Å². The van der Waals surface area contributed by atoms with Gasteiger partial charge in [0.25, 0.3) is 0 Å². The molecule has 0 saturated heterocycles. The van der Waals surface area contributed by atoms with Crippen molar-refractivity contribution in [2.75, 3.05) is 0 Å². The van der Waals surface area contributed by atoms with Gasteiger partial charge < -0.3 is 0 Å². The molecule has 2 rings (SSSR count). The van der Waals surface area contributed by atoms with Gasteiger partial charge in [0.15, 0.2) is 5.01 Å². The summed E-state index contributed by atoms with van der Waals surface area (Å²) in [6.07, 6.45) is 0.0778. The largest absolute Gasteiger partial charge is 0.443 e. The molecular formula is C9H4F3N3OS. The van der Waals surface area contributed by atoms with Crippen molar-refractivity contribution in [3.05, 3.63) is 40.4 Å². The van der Waals surface area contributed by atoms with Gasteiger partial charge in [0.05, 0.1) is 10.4 Å². The standard InChI is InChI=1S/C9H4F3N3OS/c10-9(11,12)8-15-3-6(17-8)7(16)5-1-13-4-14-2-5/h1-4H. The normalized spacial score (nSPS) is 11.5. The van der Waals surface area contributed by atoms with Gasteiger partial charge in [-0.2, -0.15) is 13.2 Å². The van der Waals surface area contributed by atoms with E-state index in [9.17, 15) is 18.0 Å². The van der Waals surface area contributed by atoms with Crippen LogP contribution in [0.1, 0.15) is 20.2 Å². The van der Waals surface area contributed by atoms with Crippen LogP contribution in [0.15, 0.2) is 24.9 Å². The number of carbonyl (C=O) groups excluding carboxylic acids is 1. The zero-order valence-corrected chi connectivity index (χ0v) is 8.92. The van der Waals surface area contributed by atoms with Crippen molar-refractivity contribution in [1.29, 1.82) is 0 Å². The molecule has 0 aliphatic carbocycles. The van der Waals surface area contributed by atoms with E-state index in [1.807, 2.05) is 0 Å². The SMILES string of the molecule is O=C(c1cncnc1)c1cnc(C(F)(F)F)s1. The highest BCUT2D eigenvalue weighted by Crippen LogP contribution is 2.32. The van der Waals surface area contributed by atoms with Gasteiger partial charge in [-0.25, -0.2) is 15.0 Å². The Balaban J connectivity index is 2.30. The van der Waals surface area contributed by atoms with Crippen molar-refractivity contribution in [1.82, 2.24) is 15.0 Å². The number of hydrogen-bond donors (Lipinski definition) is 0. The molecule has 4 nitrogen and oxygen atoms in total. The van der Waals surface area contributed by atoms with Crippen LogP contribution in [0.4, 0.5) is 13.2 Å². The molecule has 88 valence electrons. The van der Waals surface area contributed by atoms with Gasteiger partial charge >= 0.3 is 6.18 Å². The van der Waals surface area contributed by atoms with Crippen molar-refractivity contribution >= 4 is 17.1 Å². The number of carbonyl (C=O) groups is 1. The first-order valence-electron chi connectivity index (χ1n) is 4.31. The second-order valence-corrected chi connectivity index (χ2v) is 4.01. The lowest BCUT2D eigenvalue weighted by Gasteiger charge is -1.99. The Labute approximate surface area is 97.2 Å². The van der Waals surface area contributed by atoms with Crippen molar-refractivity contribution in [2.24, 2.45) is 0 Å². The van der Waals surface area contributed by atoms with Crippen LogP contribution in [0.3, 0.4) is 0 Å². The molecule has 0 radical (unpaired) electrons. The predicted molar refractivity (Wildman–Crippen MR) is 52.6 cm³/mol. The molecule has 0 bridgehead atoms. The van der Waals surface area contributed by atoms with E-state index in [1.54, 1.807) is 0 Å². The van der Waals surface area contributed by atoms with Crippen molar-refractivity contribution in [3.8, 4) is 0 Å². The predicted octanol–water partition coefficient (Wildman–Crippen LogP) is 2.18. The number of hydrogen-bond acceptors (Lipinski definition) is 5. The Kier molecular flexibility index (Phi) is 2.88. The molecule has 0 fully saturated rings. The summed E-state index contributed by atoms with van der Waals surface area (Å²) >= 11 is 0.302. The third-order valence-corrected chi connectivity index (χ3v) is 2.84. The Bertz CT molecular complexity index is 538. The summed E-state index contributed by atoms with van der Waals surface area (Å²) in [6, 6.07) is 0. The molecule has 0 amide bonds. The minimum absolute atomic E-state index is 0.0906. The van der Waals surface area contributed by atoms with Crippen LogP contribution in [0.2, 0.25) is 0 Å². The van der Waals surface area contributed by atoms with Gasteiger partial charge in [0.2, 0.25) is 5.78 Å². The van der Waals surface area contributed by atoms with Crippen LogP contribution in [0.5, 0.6) is 0 Å². The van der Waals surface area contributed by atoms with E-state index in [-0.39, 0.29) is 10.4 Å². The number of rotatable bonds is 2. The number of halogens is 3. The Morgan fingerprint density at radius 1 is 1.18 bits per heavy atom. The van der Waals surface area contributed by atoms with E-state index >= 15 is 0 Å². The third kappa shape index (κ3) is 2.47. The van der Waals surface area contributed by atoms with Gasteiger partial charge in [-0.3, -0.25) is 4.79 Å². The summed E-state index contributed by atoms with van der Waals surface area (Å²) < 4.78 is 36.8. The fraction of sp³-hybridized carbons (Fsp3) is 0.111. The zero-order chi connectivity index (χ0) is 12.5. The maximum atomic E-state index is 12.3. The topological polar surface area (TPSA) is 55.7 Å². The molecule has 0 aromatic carbocycles. The van der Waals surface area contributed by atoms with Crippen LogP contribution in [0, 0.1) is 0 Å². The number of thiazole rings is 1. The zero-order valence-electron chi connectivity index (χ0n) is 8.10. The molecule has 0 atom stereocenters. The third-order valence-electron chi connectivity index (χ3n) is 1.79. The lowest BCUT2D eigenvalue weighted by Crippen LogP contribution is -2.03. The molecular weight excluding hydrogens is 255 g/mol. The lowest BCUT2D eigenvalue weighted by molar-refractivity contribution is -0.137. The number of aromatic nitrogens is 3. The first-order chi connectivity index (χ1) is 7.98. The van der Waals surface area contributed by atoms with Crippen molar-refractivity contribution in [2.45, 2.75) is 6.18 Å². The van der Waals surface area contributed by atoms with Gasteiger partial charge in [0.1, 0.15) is 6.33 Å². The highest BCUT2D eigenvalue weighted by molar-refractivity contribution is 7.13. The average molecular weight is 259 g/mol. The van der Waals surface area contributed by atoms with Crippen LogP contribution < -0.4 is 0 Å². The molecule has 0 aliphatic rings. The van der Waals surface area contributed by atoms with Crippen molar-refractivity contribution < 1.29 is 18.0 Å². The first-order valence-corrected chi connectivity index (χ1v) is 5.13. The Hall–Kier alpha value is -1.83. The minimum atomic E-state index is -4.53. The molecule has 2 aromatic rings. The van der Waals surface area contributed by atoms with Gasteiger partial charge in [-0.05, 0) is 0 Å². The molecule has 2 heterocycles. The second-order valence-electron chi connectivity index (χ2n) is 2.98. The summed E-state index contributed by atoms with van der Waals surface area (Å²) in [5.74, 6) is -0.571. The summed E-state index contributed by atoms with van der Waals surface area (Å²) in [7, 11) is 0. The molecule has 0 saturated carbocycles. The molecule has 0 unspecified atom stereocenters. The summed E-state index contributed by atoms with van der Waals surface area (Å²) in [5, 5.41) is -1.04. The van der Waals surface area contributed by atoms with Gasteiger partial charge in [0, 0.05) is 18.6 Å². The quantitative estimate of drug-likeness (QED) is 0.776. The number of alkyl halides is 3. The monoisotopic (exact) mass is 259 g/mol. The fourth-order valence-corrected chi connectivity index (χ4v) is 1.81. The first kappa shape index (κ1) is 11.6.